The summed E-state index contributed by atoms with van der Waals surface area (Å²) in [5, 5.41) is 12.1. The van der Waals surface area contributed by atoms with Crippen molar-refractivity contribution in [1.29, 1.82) is 0 Å². The van der Waals surface area contributed by atoms with Crippen molar-refractivity contribution in [1.82, 2.24) is 4.90 Å². The number of hydrogen-bond acceptors (Lipinski definition) is 5. The molecule has 5 nitrogen and oxygen atoms in total. The molecule has 1 aromatic heterocycles. The molecule has 3 heterocycles. The Morgan fingerprint density at radius 3 is 2.73 bits per heavy atom. The molecule has 1 spiro atoms. The molecule has 1 saturated carbocycles. The van der Waals surface area contributed by atoms with Gasteiger partial charge in [-0.25, -0.2) is 4.39 Å². The fourth-order valence-electron chi connectivity index (χ4n) is 8.49. The molecule has 2 fully saturated rings. The lowest BCUT2D eigenvalue weighted by molar-refractivity contribution is -0.213. The number of halogens is 2. The predicted octanol–water partition coefficient (Wildman–Crippen LogP) is 6.62. The van der Waals surface area contributed by atoms with Crippen molar-refractivity contribution in [3.8, 4) is 11.5 Å². The van der Waals surface area contributed by atoms with E-state index in [1.54, 1.807) is 12.1 Å². The Balaban J connectivity index is 0.00000245. The molecule has 206 valence electrons. The molecule has 5 aliphatic rings. The summed E-state index contributed by atoms with van der Waals surface area (Å²) in [4.78, 5) is 2.66. The molecule has 9 rings (SSSR count). The van der Waals surface area contributed by atoms with Crippen LogP contribution in [-0.2, 0) is 29.6 Å². The molecule has 7 heteroatoms. The van der Waals surface area contributed by atoms with Gasteiger partial charge in [-0.3, -0.25) is 4.90 Å². The summed E-state index contributed by atoms with van der Waals surface area (Å²) in [6, 6.07) is 19.0. The third-order valence-corrected chi connectivity index (χ3v) is 10.3. The van der Waals surface area contributed by atoms with Gasteiger partial charge in [-0.15, -0.1) is 12.4 Å². The monoisotopic (exact) mass is 559 g/mol. The minimum absolute atomic E-state index is 0. The summed E-state index contributed by atoms with van der Waals surface area (Å²) in [5.41, 5.74) is 3.62. The van der Waals surface area contributed by atoms with Gasteiger partial charge < -0.3 is 19.0 Å². The predicted molar refractivity (Wildman–Crippen MR) is 151 cm³/mol. The second-order valence-corrected chi connectivity index (χ2v) is 12.2. The van der Waals surface area contributed by atoms with Crippen LogP contribution in [0, 0.1) is 11.7 Å². The molecule has 0 amide bonds. The van der Waals surface area contributed by atoms with E-state index in [0.29, 0.717) is 17.7 Å². The summed E-state index contributed by atoms with van der Waals surface area (Å²) in [6.45, 7) is 2.19. The molecule has 1 saturated heterocycles. The number of phenols is 1. The van der Waals surface area contributed by atoms with Gasteiger partial charge in [-0.05, 0) is 61.9 Å². The lowest BCUT2D eigenvalue weighted by Gasteiger charge is -2.64. The SMILES string of the molecule is Cl.Oc1ccc2c3c1O[C@H]1c4oc5ccccc5c4C[C@@]4(OCc5ccccc5F)[C@@H](C2)N(CC2CC2)CC[C@]314. The van der Waals surface area contributed by atoms with Crippen LogP contribution < -0.4 is 4.74 Å². The van der Waals surface area contributed by atoms with E-state index < -0.39 is 17.1 Å². The minimum atomic E-state index is -0.668. The maximum absolute atomic E-state index is 14.9. The molecule has 0 unspecified atom stereocenters. The quantitative estimate of drug-likeness (QED) is 0.298. The van der Waals surface area contributed by atoms with Crippen molar-refractivity contribution < 1.29 is 23.4 Å². The Morgan fingerprint density at radius 2 is 1.88 bits per heavy atom. The fourth-order valence-corrected chi connectivity index (χ4v) is 8.49. The molecule has 3 aromatic carbocycles. The van der Waals surface area contributed by atoms with Crippen molar-refractivity contribution in [2.75, 3.05) is 13.1 Å². The first-order valence-electron chi connectivity index (χ1n) is 14.2. The highest BCUT2D eigenvalue weighted by molar-refractivity contribution is 5.85. The van der Waals surface area contributed by atoms with Gasteiger partial charge in [-0.1, -0.05) is 42.5 Å². The lowest BCUT2D eigenvalue weighted by Crippen LogP contribution is -2.75. The summed E-state index contributed by atoms with van der Waals surface area (Å²) in [6.07, 6.45) is 4.46. The number of piperidine rings is 1. The van der Waals surface area contributed by atoms with Crippen molar-refractivity contribution in [3.63, 3.8) is 0 Å². The van der Waals surface area contributed by atoms with Crippen LogP contribution in [0.25, 0.3) is 11.0 Å². The van der Waals surface area contributed by atoms with E-state index in [1.165, 1.54) is 24.5 Å². The Bertz CT molecular complexity index is 1670. The third-order valence-electron chi connectivity index (χ3n) is 10.3. The van der Waals surface area contributed by atoms with E-state index in [1.807, 2.05) is 30.3 Å². The maximum Gasteiger partial charge on any atom is 0.169 e. The molecule has 40 heavy (non-hydrogen) atoms. The first kappa shape index (κ1) is 24.7. The molecular formula is C33H31ClFNO4. The van der Waals surface area contributed by atoms with Crippen molar-refractivity contribution >= 4 is 23.4 Å². The zero-order valence-corrected chi connectivity index (χ0v) is 22.9. The number of furan rings is 1. The zero-order chi connectivity index (χ0) is 25.9. The number of hydrogen-bond donors (Lipinski definition) is 1. The number of fused-ring (bicyclic) bond motifs is 4. The molecule has 4 atom stereocenters. The van der Waals surface area contributed by atoms with Gasteiger partial charge in [-0.2, -0.15) is 0 Å². The van der Waals surface area contributed by atoms with Gasteiger partial charge in [0.2, 0.25) is 0 Å². The first-order chi connectivity index (χ1) is 19.1. The van der Waals surface area contributed by atoms with Gasteiger partial charge in [0.15, 0.2) is 17.6 Å². The van der Waals surface area contributed by atoms with E-state index in [4.69, 9.17) is 13.9 Å². The maximum atomic E-state index is 14.9. The van der Waals surface area contributed by atoms with Gasteiger partial charge in [0.05, 0.1) is 12.0 Å². The normalized spacial score (nSPS) is 29.4. The standard InChI is InChI=1S/C33H30FNO4.ClH/c34-24-7-3-1-5-21(24)18-37-33-16-23-22-6-2-4-8-26(22)38-29(23)31-32(33)13-14-35(17-19-9-10-19)27(33)15-20-11-12-25(36)30(39-31)28(20)32;/h1-8,11-12,19,27,31,36H,9-10,13-18H2;1H/t27-,31+,32+,33-;/m1./s1. The number of para-hydroxylation sites is 1. The Hall–Kier alpha value is -3.06. The summed E-state index contributed by atoms with van der Waals surface area (Å²) in [7, 11) is 0. The van der Waals surface area contributed by atoms with Crippen molar-refractivity contribution in [2.45, 2.75) is 61.9 Å². The van der Waals surface area contributed by atoms with E-state index in [2.05, 4.69) is 17.0 Å². The molecule has 1 N–H and O–H groups in total. The molecule has 2 aliphatic heterocycles. The molecule has 0 radical (unpaired) electrons. The molecule has 4 aromatic rings. The number of benzene rings is 3. The third kappa shape index (κ3) is 3.05. The lowest BCUT2D eigenvalue weighted by atomic mass is 9.49. The van der Waals surface area contributed by atoms with E-state index in [0.717, 1.165) is 59.7 Å². The summed E-state index contributed by atoms with van der Waals surface area (Å²) in [5.74, 6) is 2.07. The topological polar surface area (TPSA) is 55.1 Å². The highest BCUT2D eigenvalue weighted by Gasteiger charge is 2.74. The van der Waals surface area contributed by atoms with Crippen molar-refractivity contribution in [3.05, 3.63) is 94.5 Å². The Kier molecular flexibility index (Phi) is 5.24. The smallest absolute Gasteiger partial charge is 0.169 e. The molecular weight excluding hydrogens is 529 g/mol. The number of phenolic OH excluding ortho intramolecular Hbond substituents is 1. The van der Waals surface area contributed by atoms with Gasteiger partial charge in [0.25, 0.3) is 0 Å². The number of ether oxygens (including phenoxy) is 2. The number of rotatable bonds is 5. The van der Waals surface area contributed by atoms with Crippen LogP contribution >= 0.6 is 12.4 Å². The van der Waals surface area contributed by atoms with Gasteiger partial charge in [0.1, 0.15) is 22.8 Å². The second-order valence-electron chi connectivity index (χ2n) is 12.2. The fraction of sp³-hybridized carbons (Fsp3) is 0.394. The van der Waals surface area contributed by atoms with Crippen LogP contribution in [0.1, 0.15) is 53.4 Å². The molecule has 3 aliphatic carbocycles. The Labute approximate surface area is 238 Å². The van der Waals surface area contributed by atoms with Gasteiger partial charge >= 0.3 is 0 Å². The average molecular weight is 560 g/mol. The highest BCUT2D eigenvalue weighted by Crippen LogP contribution is 2.70. The average Bonchev–Trinajstić information content (AvgIpc) is 3.59. The van der Waals surface area contributed by atoms with Crippen LogP contribution in [0.15, 0.2) is 65.1 Å². The Morgan fingerprint density at radius 1 is 1.05 bits per heavy atom. The highest BCUT2D eigenvalue weighted by atomic mass is 35.5. The van der Waals surface area contributed by atoms with Crippen LogP contribution in [0.2, 0.25) is 0 Å². The van der Waals surface area contributed by atoms with E-state index in [9.17, 15) is 9.50 Å². The van der Waals surface area contributed by atoms with Crippen LogP contribution in [0.3, 0.4) is 0 Å². The number of aromatic hydroxyl groups is 1. The summed E-state index contributed by atoms with van der Waals surface area (Å²) >= 11 is 0. The van der Waals surface area contributed by atoms with E-state index >= 15 is 0 Å². The van der Waals surface area contributed by atoms with Crippen molar-refractivity contribution in [2.24, 2.45) is 5.92 Å². The largest absolute Gasteiger partial charge is 0.504 e. The first-order valence-corrected chi connectivity index (χ1v) is 14.2. The van der Waals surface area contributed by atoms with E-state index in [-0.39, 0.29) is 36.6 Å². The van der Waals surface area contributed by atoms with Crippen LogP contribution in [0.5, 0.6) is 11.5 Å². The zero-order valence-electron chi connectivity index (χ0n) is 22.1. The molecule has 2 bridgehead atoms. The van der Waals surface area contributed by atoms with Crippen LogP contribution in [0.4, 0.5) is 4.39 Å². The van der Waals surface area contributed by atoms with Crippen LogP contribution in [-0.4, -0.2) is 34.7 Å². The number of nitrogens with zero attached hydrogens (tertiary/aromatic N) is 1. The number of likely N-dealkylation sites (tertiary alicyclic amines) is 1. The minimum Gasteiger partial charge on any atom is -0.504 e. The summed E-state index contributed by atoms with van der Waals surface area (Å²) < 4.78 is 35.5. The second kappa shape index (κ2) is 8.48. The van der Waals surface area contributed by atoms with Gasteiger partial charge in [0, 0.05) is 41.1 Å².